The van der Waals surface area contributed by atoms with Crippen molar-refractivity contribution in [3.05, 3.63) is 65.7 Å². The smallest absolute Gasteiger partial charge is 0.327 e. The maximum absolute atomic E-state index is 13.0. The second-order valence-corrected chi connectivity index (χ2v) is 8.15. The molecule has 2 heterocycles. The number of hydrogen-bond acceptors (Lipinski definition) is 5. The molecule has 0 aromatic heterocycles. The van der Waals surface area contributed by atoms with Crippen LogP contribution in [0.2, 0.25) is 0 Å². The molecule has 1 amide bonds. The Labute approximate surface area is 177 Å². The van der Waals surface area contributed by atoms with Gasteiger partial charge in [0.25, 0.3) is 0 Å². The summed E-state index contributed by atoms with van der Waals surface area (Å²) in [5.41, 5.74) is 2.52. The zero-order valence-electron chi connectivity index (χ0n) is 17.5. The van der Waals surface area contributed by atoms with Gasteiger partial charge in [-0.3, -0.25) is 19.8 Å². The van der Waals surface area contributed by atoms with Gasteiger partial charge < -0.3 is 9.64 Å². The maximum Gasteiger partial charge on any atom is 0.327 e. The highest BCUT2D eigenvalue weighted by Crippen LogP contribution is 2.28. The van der Waals surface area contributed by atoms with Crippen LogP contribution in [0.3, 0.4) is 0 Å². The van der Waals surface area contributed by atoms with Gasteiger partial charge in [0.2, 0.25) is 5.91 Å². The number of nitrogens with zero attached hydrogens (tertiary/aromatic N) is 2. The normalized spacial score (nSPS) is 21.3. The molecule has 1 N–H and O–H groups in total. The predicted molar refractivity (Wildman–Crippen MR) is 116 cm³/mol. The minimum atomic E-state index is -0.864. The third-order valence-electron chi connectivity index (χ3n) is 6.16. The minimum absolute atomic E-state index is 0.0107. The lowest BCUT2D eigenvalue weighted by atomic mass is 9.88. The Kier molecular flexibility index (Phi) is 6.16. The van der Waals surface area contributed by atoms with Crippen molar-refractivity contribution in [1.82, 2.24) is 10.2 Å². The van der Waals surface area contributed by atoms with Gasteiger partial charge in [0.05, 0.1) is 13.7 Å². The van der Waals surface area contributed by atoms with Crippen molar-refractivity contribution >= 4 is 17.6 Å². The van der Waals surface area contributed by atoms with Gasteiger partial charge in [-0.1, -0.05) is 48.5 Å². The predicted octanol–water partition coefficient (Wildman–Crippen LogP) is 2.37. The molecule has 158 valence electrons. The Morgan fingerprint density at radius 2 is 1.83 bits per heavy atom. The molecule has 6 heteroatoms. The Bertz CT molecular complexity index is 902. The molecular weight excluding hydrogens is 378 g/mol. The van der Waals surface area contributed by atoms with E-state index in [1.165, 1.54) is 18.2 Å². The second kappa shape index (κ2) is 8.98. The lowest BCUT2D eigenvalue weighted by molar-refractivity contribution is -0.151. The Morgan fingerprint density at radius 3 is 2.63 bits per heavy atom. The molecule has 0 spiro atoms. The third-order valence-corrected chi connectivity index (χ3v) is 6.16. The summed E-state index contributed by atoms with van der Waals surface area (Å²) >= 11 is 0. The van der Waals surface area contributed by atoms with Crippen molar-refractivity contribution in [2.75, 3.05) is 38.2 Å². The van der Waals surface area contributed by atoms with Crippen LogP contribution in [0, 0.1) is 0 Å². The lowest BCUT2D eigenvalue weighted by Gasteiger charge is -2.41. The van der Waals surface area contributed by atoms with Gasteiger partial charge in [0.15, 0.2) is 0 Å². The molecule has 1 unspecified atom stereocenters. The number of rotatable bonds is 6. The van der Waals surface area contributed by atoms with Gasteiger partial charge >= 0.3 is 5.97 Å². The molecular formula is C24H29N3O3. The molecule has 2 aromatic rings. The van der Waals surface area contributed by atoms with Gasteiger partial charge in [-0.05, 0) is 43.0 Å². The lowest BCUT2D eigenvalue weighted by Crippen LogP contribution is -2.63. The van der Waals surface area contributed by atoms with E-state index in [0.29, 0.717) is 19.5 Å². The molecule has 2 aromatic carbocycles. The molecule has 2 aliphatic heterocycles. The van der Waals surface area contributed by atoms with E-state index in [2.05, 4.69) is 28.4 Å². The number of hydrogen-bond donors (Lipinski definition) is 1. The van der Waals surface area contributed by atoms with Crippen LogP contribution in [0.15, 0.2) is 54.6 Å². The fraction of sp³-hybridized carbons (Fsp3) is 0.417. The van der Waals surface area contributed by atoms with E-state index in [9.17, 15) is 9.59 Å². The number of piperidine rings is 1. The quantitative estimate of drug-likeness (QED) is 0.745. The highest BCUT2D eigenvalue weighted by Gasteiger charge is 2.43. The van der Waals surface area contributed by atoms with Crippen molar-refractivity contribution in [2.24, 2.45) is 0 Å². The standard InChI is InChI=1S/C24H29N3O3/c1-30-23(29)24(13-7-14-26(18-24)17-19-8-3-2-4-9-19)25-16-22(28)27-15-12-20-10-5-6-11-21(20)27/h2-6,8-11,25H,7,12-18H2,1H3. The third kappa shape index (κ3) is 4.25. The fourth-order valence-corrected chi connectivity index (χ4v) is 4.64. The number of nitrogens with one attached hydrogen (secondary N) is 1. The van der Waals surface area contributed by atoms with E-state index in [4.69, 9.17) is 4.74 Å². The van der Waals surface area contributed by atoms with E-state index in [0.717, 1.165) is 31.6 Å². The van der Waals surface area contributed by atoms with E-state index in [1.807, 2.05) is 41.3 Å². The average Bonchev–Trinajstić information content (AvgIpc) is 3.22. The molecule has 0 bridgehead atoms. The molecule has 2 aliphatic rings. The zero-order chi connectivity index (χ0) is 21.0. The van der Waals surface area contributed by atoms with Crippen LogP contribution < -0.4 is 10.2 Å². The molecule has 0 radical (unpaired) electrons. The van der Waals surface area contributed by atoms with Crippen LogP contribution in [0.1, 0.15) is 24.0 Å². The molecule has 6 nitrogen and oxygen atoms in total. The van der Waals surface area contributed by atoms with Gasteiger partial charge in [-0.25, -0.2) is 0 Å². The summed E-state index contributed by atoms with van der Waals surface area (Å²) in [6, 6.07) is 18.2. The van der Waals surface area contributed by atoms with Gasteiger partial charge in [0.1, 0.15) is 5.54 Å². The van der Waals surface area contributed by atoms with Crippen LogP contribution in [0.5, 0.6) is 0 Å². The first-order valence-electron chi connectivity index (χ1n) is 10.6. The number of methoxy groups -OCH3 is 1. The largest absolute Gasteiger partial charge is 0.468 e. The van der Waals surface area contributed by atoms with Crippen LogP contribution in [-0.4, -0.2) is 55.6 Å². The fourth-order valence-electron chi connectivity index (χ4n) is 4.64. The number of anilines is 1. The Hall–Kier alpha value is -2.70. The highest BCUT2D eigenvalue weighted by atomic mass is 16.5. The average molecular weight is 408 g/mol. The first kappa shape index (κ1) is 20.6. The first-order chi connectivity index (χ1) is 14.6. The summed E-state index contributed by atoms with van der Waals surface area (Å²) in [4.78, 5) is 29.8. The number of amides is 1. The van der Waals surface area contributed by atoms with Crippen molar-refractivity contribution < 1.29 is 14.3 Å². The minimum Gasteiger partial charge on any atom is -0.468 e. The van der Waals surface area contributed by atoms with E-state index >= 15 is 0 Å². The number of carbonyl (C=O) groups is 2. The summed E-state index contributed by atoms with van der Waals surface area (Å²) in [6.45, 7) is 3.02. The molecule has 0 aliphatic carbocycles. The van der Waals surface area contributed by atoms with Gasteiger partial charge in [-0.2, -0.15) is 0 Å². The molecule has 4 rings (SSSR count). The number of ether oxygens (including phenoxy) is 1. The monoisotopic (exact) mass is 407 g/mol. The van der Waals surface area contributed by atoms with E-state index in [-0.39, 0.29) is 18.4 Å². The molecule has 1 atom stereocenters. The summed E-state index contributed by atoms with van der Waals surface area (Å²) in [6.07, 6.45) is 2.40. The van der Waals surface area contributed by atoms with Crippen LogP contribution in [0.25, 0.3) is 0 Å². The molecule has 1 saturated heterocycles. The van der Waals surface area contributed by atoms with Gasteiger partial charge in [-0.15, -0.1) is 0 Å². The summed E-state index contributed by atoms with van der Waals surface area (Å²) in [7, 11) is 1.42. The van der Waals surface area contributed by atoms with Crippen molar-refractivity contribution in [3.8, 4) is 0 Å². The van der Waals surface area contributed by atoms with Gasteiger partial charge in [0, 0.05) is 25.3 Å². The van der Waals surface area contributed by atoms with Crippen molar-refractivity contribution in [2.45, 2.75) is 31.3 Å². The number of carbonyl (C=O) groups excluding carboxylic acids is 2. The maximum atomic E-state index is 13.0. The number of fused-ring (bicyclic) bond motifs is 1. The molecule has 0 saturated carbocycles. The van der Waals surface area contributed by atoms with Crippen LogP contribution >= 0.6 is 0 Å². The summed E-state index contributed by atoms with van der Waals surface area (Å²) in [5, 5.41) is 3.30. The van der Waals surface area contributed by atoms with E-state index < -0.39 is 5.54 Å². The number of benzene rings is 2. The van der Waals surface area contributed by atoms with Crippen molar-refractivity contribution in [3.63, 3.8) is 0 Å². The second-order valence-electron chi connectivity index (χ2n) is 8.15. The van der Waals surface area contributed by atoms with Crippen LogP contribution in [-0.2, 0) is 27.3 Å². The highest BCUT2D eigenvalue weighted by molar-refractivity contribution is 5.97. The van der Waals surface area contributed by atoms with Crippen LogP contribution in [0.4, 0.5) is 5.69 Å². The van der Waals surface area contributed by atoms with Crippen molar-refractivity contribution in [1.29, 1.82) is 0 Å². The van der Waals surface area contributed by atoms with E-state index in [1.54, 1.807) is 0 Å². The zero-order valence-corrected chi connectivity index (χ0v) is 17.5. The Morgan fingerprint density at radius 1 is 1.07 bits per heavy atom. The SMILES string of the molecule is COC(=O)C1(NCC(=O)N2CCc3ccccc32)CCCN(Cc2ccccc2)C1. The molecule has 30 heavy (non-hydrogen) atoms. The Balaban J connectivity index is 1.44. The molecule has 1 fully saturated rings. The number of likely N-dealkylation sites (tertiary alicyclic amines) is 1. The number of esters is 1. The topological polar surface area (TPSA) is 61.9 Å². The first-order valence-corrected chi connectivity index (χ1v) is 10.6. The summed E-state index contributed by atoms with van der Waals surface area (Å²) < 4.78 is 5.15. The summed E-state index contributed by atoms with van der Waals surface area (Å²) in [5.74, 6) is -0.307. The number of para-hydroxylation sites is 1.